The van der Waals surface area contributed by atoms with Gasteiger partial charge in [0.25, 0.3) is 11.6 Å². The monoisotopic (exact) mass is 292 g/mol. The Balaban J connectivity index is 2.25. The fraction of sp³-hybridized carbons (Fsp3) is 0.500. The average molecular weight is 292 g/mol. The van der Waals surface area contributed by atoms with E-state index in [-0.39, 0.29) is 17.6 Å². The number of nitrogens with one attached hydrogen (secondary N) is 2. The lowest BCUT2D eigenvalue weighted by Crippen LogP contribution is -2.39. The maximum atomic E-state index is 11.7. The molecule has 0 spiro atoms. The number of amides is 1. The number of piperidine rings is 1. The molecule has 1 aliphatic heterocycles. The molecule has 1 aromatic carbocycles. The minimum Gasteiger partial charge on any atom is -0.375 e. The first kappa shape index (κ1) is 15.2. The molecule has 1 saturated heterocycles. The number of likely N-dealkylation sites (tertiary alicyclic amines) is 1. The van der Waals surface area contributed by atoms with Crippen molar-refractivity contribution >= 4 is 17.3 Å². The molecule has 0 bridgehead atoms. The number of nitro benzene ring substituents is 1. The van der Waals surface area contributed by atoms with Gasteiger partial charge >= 0.3 is 0 Å². The van der Waals surface area contributed by atoms with E-state index < -0.39 is 4.92 Å². The Labute approximate surface area is 123 Å². The fourth-order valence-corrected chi connectivity index (χ4v) is 2.60. The van der Waals surface area contributed by atoms with Gasteiger partial charge in [0.15, 0.2) is 0 Å². The fourth-order valence-electron chi connectivity index (χ4n) is 2.60. The van der Waals surface area contributed by atoms with Crippen molar-refractivity contribution in [2.24, 2.45) is 0 Å². The molecule has 0 aliphatic carbocycles. The quantitative estimate of drug-likeness (QED) is 0.648. The summed E-state index contributed by atoms with van der Waals surface area (Å²) in [5, 5.41) is 16.9. The molecule has 2 N–H and O–H groups in total. The maximum absolute atomic E-state index is 11.7. The highest BCUT2D eigenvalue weighted by Gasteiger charge is 2.22. The summed E-state index contributed by atoms with van der Waals surface area (Å²) in [5.74, 6) is -0.256. The number of rotatable bonds is 4. The Morgan fingerprint density at radius 3 is 2.86 bits per heavy atom. The molecule has 7 nitrogen and oxygen atoms in total. The minimum absolute atomic E-state index is 0.00382. The van der Waals surface area contributed by atoms with Crippen LogP contribution >= 0.6 is 0 Å². The van der Waals surface area contributed by atoms with E-state index in [1.54, 1.807) is 6.07 Å². The van der Waals surface area contributed by atoms with Crippen LogP contribution < -0.4 is 10.6 Å². The first-order valence-electron chi connectivity index (χ1n) is 6.97. The summed E-state index contributed by atoms with van der Waals surface area (Å²) in [6, 6.07) is 4.54. The van der Waals surface area contributed by atoms with Crippen molar-refractivity contribution in [2.45, 2.75) is 18.9 Å². The number of hydrogen-bond acceptors (Lipinski definition) is 5. The number of nitrogens with zero attached hydrogens (tertiary/aromatic N) is 2. The summed E-state index contributed by atoms with van der Waals surface area (Å²) in [7, 11) is 3.57. The third-order valence-electron chi connectivity index (χ3n) is 3.67. The highest BCUT2D eigenvalue weighted by Crippen LogP contribution is 2.27. The van der Waals surface area contributed by atoms with E-state index in [0.29, 0.717) is 11.3 Å². The van der Waals surface area contributed by atoms with Crippen molar-refractivity contribution in [1.82, 2.24) is 10.2 Å². The Kier molecular flexibility index (Phi) is 4.74. The van der Waals surface area contributed by atoms with Gasteiger partial charge < -0.3 is 15.5 Å². The summed E-state index contributed by atoms with van der Waals surface area (Å²) in [5.41, 5.74) is 0.812. The maximum Gasteiger partial charge on any atom is 0.292 e. The predicted octanol–water partition coefficient (Wildman–Crippen LogP) is 1.46. The van der Waals surface area contributed by atoms with Gasteiger partial charge in [0.05, 0.1) is 4.92 Å². The molecule has 21 heavy (non-hydrogen) atoms. The lowest BCUT2D eigenvalue weighted by atomic mass is 10.0. The normalized spacial score (nSPS) is 19.0. The molecule has 1 aromatic rings. The number of hydrogen-bond donors (Lipinski definition) is 2. The van der Waals surface area contributed by atoms with Crippen LogP contribution in [0.1, 0.15) is 23.2 Å². The molecule has 1 amide bonds. The molecule has 2 rings (SSSR count). The van der Waals surface area contributed by atoms with Crippen molar-refractivity contribution < 1.29 is 9.72 Å². The van der Waals surface area contributed by atoms with Gasteiger partial charge in [-0.1, -0.05) is 0 Å². The van der Waals surface area contributed by atoms with Gasteiger partial charge in [-0.3, -0.25) is 14.9 Å². The van der Waals surface area contributed by atoms with E-state index in [0.717, 1.165) is 25.9 Å². The standard InChI is InChI=1S/C14H20N4O3/c1-15-14(19)10-5-6-13(18(20)21)12(8-10)16-11-4-3-7-17(2)9-11/h5-6,8,11,16H,3-4,7,9H2,1-2H3,(H,15,19). The SMILES string of the molecule is CNC(=O)c1ccc([N+](=O)[O-])c(NC2CCCN(C)C2)c1. The Morgan fingerprint density at radius 2 is 2.24 bits per heavy atom. The van der Waals surface area contributed by atoms with E-state index >= 15 is 0 Å². The van der Waals surface area contributed by atoms with E-state index in [1.165, 1.54) is 19.2 Å². The van der Waals surface area contributed by atoms with Crippen molar-refractivity contribution in [2.75, 3.05) is 32.5 Å². The van der Waals surface area contributed by atoms with Gasteiger partial charge in [0.2, 0.25) is 0 Å². The molecular formula is C14H20N4O3. The van der Waals surface area contributed by atoms with Crippen LogP contribution in [-0.2, 0) is 0 Å². The van der Waals surface area contributed by atoms with E-state index in [4.69, 9.17) is 0 Å². The molecule has 114 valence electrons. The van der Waals surface area contributed by atoms with Crippen LogP contribution in [0.2, 0.25) is 0 Å². The van der Waals surface area contributed by atoms with Crippen LogP contribution in [0.15, 0.2) is 18.2 Å². The lowest BCUT2D eigenvalue weighted by Gasteiger charge is -2.30. The lowest BCUT2D eigenvalue weighted by molar-refractivity contribution is -0.384. The summed E-state index contributed by atoms with van der Waals surface area (Å²) in [6.45, 7) is 1.87. The van der Waals surface area contributed by atoms with Gasteiger partial charge in [0, 0.05) is 31.3 Å². The Bertz CT molecular complexity index is 547. The van der Waals surface area contributed by atoms with Crippen LogP contribution in [0.25, 0.3) is 0 Å². The Morgan fingerprint density at radius 1 is 1.48 bits per heavy atom. The van der Waals surface area contributed by atoms with Crippen LogP contribution in [0, 0.1) is 10.1 Å². The molecule has 7 heteroatoms. The highest BCUT2D eigenvalue weighted by atomic mass is 16.6. The largest absolute Gasteiger partial charge is 0.375 e. The molecule has 0 radical (unpaired) electrons. The number of likely N-dealkylation sites (N-methyl/N-ethyl adjacent to an activating group) is 1. The zero-order valence-corrected chi connectivity index (χ0v) is 12.3. The van der Waals surface area contributed by atoms with Gasteiger partial charge in [-0.15, -0.1) is 0 Å². The van der Waals surface area contributed by atoms with Gasteiger partial charge in [-0.05, 0) is 38.6 Å². The molecule has 1 aliphatic rings. The molecule has 1 fully saturated rings. The topological polar surface area (TPSA) is 87.5 Å². The molecule has 0 saturated carbocycles. The van der Waals surface area contributed by atoms with E-state index in [9.17, 15) is 14.9 Å². The second-order valence-electron chi connectivity index (χ2n) is 5.31. The molecular weight excluding hydrogens is 272 g/mol. The van der Waals surface area contributed by atoms with Crippen LogP contribution in [0.3, 0.4) is 0 Å². The molecule has 0 aromatic heterocycles. The second kappa shape index (κ2) is 6.53. The predicted molar refractivity (Wildman–Crippen MR) is 80.6 cm³/mol. The zero-order chi connectivity index (χ0) is 15.4. The number of benzene rings is 1. The molecule has 1 unspecified atom stereocenters. The first-order valence-corrected chi connectivity index (χ1v) is 6.97. The second-order valence-corrected chi connectivity index (χ2v) is 5.31. The summed E-state index contributed by atoms with van der Waals surface area (Å²) >= 11 is 0. The van der Waals surface area contributed by atoms with Crippen LogP contribution in [0.4, 0.5) is 11.4 Å². The van der Waals surface area contributed by atoms with Crippen LogP contribution in [-0.4, -0.2) is 49.0 Å². The third kappa shape index (κ3) is 3.69. The summed E-state index contributed by atoms with van der Waals surface area (Å²) in [6.07, 6.45) is 2.02. The van der Waals surface area contributed by atoms with Crippen molar-refractivity contribution in [3.05, 3.63) is 33.9 Å². The Hall–Kier alpha value is -2.15. The number of carbonyl (C=O) groups is 1. The van der Waals surface area contributed by atoms with Gasteiger partial charge in [0.1, 0.15) is 5.69 Å². The van der Waals surface area contributed by atoms with Gasteiger partial charge in [-0.2, -0.15) is 0 Å². The average Bonchev–Trinajstić information content (AvgIpc) is 2.46. The molecule has 1 atom stereocenters. The minimum atomic E-state index is -0.428. The van der Waals surface area contributed by atoms with E-state index in [2.05, 4.69) is 15.5 Å². The third-order valence-corrected chi connectivity index (χ3v) is 3.67. The van der Waals surface area contributed by atoms with E-state index in [1.807, 2.05) is 7.05 Å². The highest BCUT2D eigenvalue weighted by molar-refractivity contribution is 5.95. The number of nitro groups is 1. The number of anilines is 1. The van der Waals surface area contributed by atoms with Crippen LogP contribution in [0.5, 0.6) is 0 Å². The number of carbonyl (C=O) groups excluding carboxylic acids is 1. The summed E-state index contributed by atoms with van der Waals surface area (Å²) in [4.78, 5) is 24.6. The zero-order valence-electron chi connectivity index (χ0n) is 12.3. The van der Waals surface area contributed by atoms with Gasteiger partial charge in [-0.25, -0.2) is 0 Å². The summed E-state index contributed by atoms with van der Waals surface area (Å²) < 4.78 is 0. The van der Waals surface area contributed by atoms with Crippen molar-refractivity contribution in [1.29, 1.82) is 0 Å². The van der Waals surface area contributed by atoms with Crippen molar-refractivity contribution in [3.8, 4) is 0 Å². The first-order chi connectivity index (χ1) is 10.0. The smallest absolute Gasteiger partial charge is 0.292 e. The van der Waals surface area contributed by atoms with Crippen molar-refractivity contribution in [3.63, 3.8) is 0 Å². The molecule has 1 heterocycles.